The van der Waals surface area contributed by atoms with Gasteiger partial charge in [-0.15, -0.1) is 0 Å². The fourth-order valence-corrected chi connectivity index (χ4v) is 3.09. The maximum absolute atomic E-state index is 10.5. The van der Waals surface area contributed by atoms with Crippen LogP contribution in [0.15, 0.2) is 28.9 Å². The van der Waals surface area contributed by atoms with Crippen LogP contribution in [-0.2, 0) is 13.0 Å². The standard InChI is InChI=1S/C17H24N4O2/c1-2-5-15-19-16(23-20-15)12-21-10-7-13(8-11-21)17(22)14-6-3-4-9-18-14/h3-4,6,9,13,17,22H,2,5,7-8,10-12H2,1H3. The van der Waals surface area contributed by atoms with Crippen molar-refractivity contribution in [2.75, 3.05) is 13.1 Å². The zero-order chi connectivity index (χ0) is 16.1. The fraction of sp³-hybridized carbons (Fsp3) is 0.588. The predicted molar refractivity (Wildman–Crippen MR) is 85.5 cm³/mol. The highest BCUT2D eigenvalue weighted by atomic mass is 16.5. The smallest absolute Gasteiger partial charge is 0.240 e. The van der Waals surface area contributed by atoms with E-state index in [0.29, 0.717) is 12.4 Å². The van der Waals surface area contributed by atoms with Gasteiger partial charge in [-0.25, -0.2) is 0 Å². The molecule has 0 aliphatic carbocycles. The Kier molecular flexibility index (Phi) is 5.35. The highest BCUT2D eigenvalue weighted by Gasteiger charge is 2.27. The van der Waals surface area contributed by atoms with Crippen LogP contribution in [0.1, 0.15) is 49.7 Å². The van der Waals surface area contributed by atoms with Gasteiger partial charge in [-0.2, -0.15) is 4.98 Å². The summed E-state index contributed by atoms with van der Waals surface area (Å²) in [6, 6.07) is 5.69. The fourth-order valence-electron chi connectivity index (χ4n) is 3.09. The van der Waals surface area contributed by atoms with E-state index in [9.17, 15) is 5.11 Å². The van der Waals surface area contributed by atoms with Crippen LogP contribution in [0.3, 0.4) is 0 Å². The topological polar surface area (TPSA) is 75.3 Å². The molecule has 0 amide bonds. The normalized spacial score (nSPS) is 18.2. The van der Waals surface area contributed by atoms with Gasteiger partial charge in [0.25, 0.3) is 0 Å². The second-order valence-electron chi connectivity index (χ2n) is 6.17. The molecule has 0 bridgehead atoms. The van der Waals surface area contributed by atoms with Gasteiger partial charge in [-0.1, -0.05) is 18.1 Å². The molecule has 23 heavy (non-hydrogen) atoms. The quantitative estimate of drug-likeness (QED) is 0.882. The molecule has 1 aliphatic heterocycles. The van der Waals surface area contributed by atoms with Crippen molar-refractivity contribution >= 4 is 0 Å². The van der Waals surface area contributed by atoms with Crippen molar-refractivity contribution in [2.45, 2.75) is 45.3 Å². The molecule has 1 aliphatic rings. The molecular weight excluding hydrogens is 292 g/mol. The van der Waals surface area contributed by atoms with Crippen molar-refractivity contribution in [2.24, 2.45) is 5.92 Å². The SMILES string of the molecule is CCCc1noc(CN2CCC(C(O)c3ccccn3)CC2)n1. The van der Waals surface area contributed by atoms with Gasteiger partial charge in [-0.05, 0) is 50.4 Å². The van der Waals surface area contributed by atoms with Crippen LogP contribution in [0.25, 0.3) is 0 Å². The van der Waals surface area contributed by atoms with Gasteiger partial charge in [0.1, 0.15) is 0 Å². The van der Waals surface area contributed by atoms with Gasteiger partial charge >= 0.3 is 0 Å². The Balaban J connectivity index is 1.50. The largest absolute Gasteiger partial charge is 0.387 e. The van der Waals surface area contributed by atoms with E-state index in [4.69, 9.17) is 4.52 Å². The molecule has 0 saturated carbocycles. The maximum atomic E-state index is 10.5. The Labute approximate surface area is 136 Å². The minimum atomic E-state index is -0.474. The number of aryl methyl sites for hydroxylation is 1. The summed E-state index contributed by atoms with van der Waals surface area (Å²) in [7, 11) is 0. The number of likely N-dealkylation sites (tertiary alicyclic amines) is 1. The monoisotopic (exact) mass is 316 g/mol. The van der Waals surface area contributed by atoms with E-state index < -0.39 is 6.10 Å². The van der Waals surface area contributed by atoms with Crippen molar-refractivity contribution in [3.8, 4) is 0 Å². The molecule has 3 heterocycles. The highest BCUT2D eigenvalue weighted by molar-refractivity contribution is 5.08. The van der Waals surface area contributed by atoms with Crippen LogP contribution in [0.4, 0.5) is 0 Å². The van der Waals surface area contributed by atoms with Crippen LogP contribution in [0.5, 0.6) is 0 Å². The minimum absolute atomic E-state index is 0.263. The molecule has 1 unspecified atom stereocenters. The van der Waals surface area contributed by atoms with Gasteiger partial charge in [0.2, 0.25) is 5.89 Å². The number of piperidine rings is 1. The number of hydrogen-bond donors (Lipinski definition) is 1. The molecule has 2 aromatic rings. The molecule has 6 heteroatoms. The van der Waals surface area contributed by atoms with E-state index >= 15 is 0 Å². The first-order valence-electron chi connectivity index (χ1n) is 8.39. The Bertz CT molecular complexity index is 594. The van der Waals surface area contributed by atoms with E-state index in [2.05, 4.69) is 26.9 Å². The van der Waals surface area contributed by atoms with Crippen LogP contribution in [0.2, 0.25) is 0 Å². The highest BCUT2D eigenvalue weighted by Crippen LogP contribution is 2.30. The summed E-state index contributed by atoms with van der Waals surface area (Å²) in [4.78, 5) is 11.0. The van der Waals surface area contributed by atoms with Crippen molar-refractivity contribution < 1.29 is 9.63 Å². The average molecular weight is 316 g/mol. The molecule has 0 spiro atoms. The zero-order valence-corrected chi connectivity index (χ0v) is 13.6. The van der Waals surface area contributed by atoms with E-state index in [1.54, 1.807) is 6.20 Å². The van der Waals surface area contributed by atoms with Crippen molar-refractivity contribution in [3.63, 3.8) is 0 Å². The Morgan fingerprint density at radius 2 is 2.17 bits per heavy atom. The summed E-state index contributed by atoms with van der Waals surface area (Å²) >= 11 is 0. The third-order valence-corrected chi connectivity index (χ3v) is 4.41. The second kappa shape index (κ2) is 7.66. The molecule has 2 aromatic heterocycles. The van der Waals surface area contributed by atoms with Gasteiger partial charge in [-0.3, -0.25) is 9.88 Å². The van der Waals surface area contributed by atoms with Crippen molar-refractivity contribution in [3.05, 3.63) is 41.8 Å². The van der Waals surface area contributed by atoms with E-state index in [1.165, 1.54) is 0 Å². The summed E-state index contributed by atoms with van der Waals surface area (Å²) < 4.78 is 5.30. The van der Waals surface area contributed by atoms with Crippen LogP contribution in [0, 0.1) is 5.92 Å². The number of hydrogen-bond acceptors (Lipinski definition) is 6. The molecule has 6 nitrogen and oxygen atoms in total. The van der Waals surface area contributed by atoms with E-state index in [0.717, 1.165) is 50.3 Å². The summed E-state index contributed by atoms with van der Waals surface area (Å²) in [5.74, 6) is 1.75. The molecule has 3 rings (SSSR count). The average Bonchev–Trinajstić information content (AvgIpc) is 3.03. The first-order chi connectivity index (χ1) is 11.3. The second-order valence-corrected chi connectivity index (χ2v) is 6.17. The first-order valence-corrected chi connectivity index (χ1v) is 8.39. The van der Waals surface area contributed by atoms with Crippen molar-refractivity contribution in [1.82, 2.24) is 20.0 Å². The van der Waals surface area contributed by atoms with Crippen molar-refractivity contribution in [1.29, 1.82) is 0 Å². The Morgan fingerprint density at radius 1 is 1.35 bits per heavy atom. The third-order valence-electron chi connectivity index (χ3n) is 4.41. The van der Waals surface area contributed by atoms with E-state index in [1.807, 2.05) is 18.2 Å². The lowest BCUT2D eigenvalue weighted by Crippen LogP contribution is -2.35. The van der Waals surface area contributed by atoms with Gasteiger partial charge in [0.05, 0.1) is 18.3 Å². The van der Waals surface area contributed by atoms with Gasteiger partial charge in [0, 0.05) is 12.6 Å². The Morgan fingerprint density at radius 3 is 2.87 bits per heavy atom. The molecule has 1 atom stereocenters. The number of pyridine rings is 1. The van der Waals surface area contributed by atoms with E-state index in [-0.39, 0.29) is 5.92 Å². The first kappa shape index (κ1) is 16.1. The summed E-state index contributed by atoms with van der Waals surface area (Å²) in [6.45, 7) is 4.66. The van der Waals surface area contributed by atoms with Crippen LogP contribution < -0.4 is 0 Å². The molecular formula is C17H24N4O2. The summed E-state index contributed by atoms with van der Waals surface area (Å²) in [5, 5.41) is 14.5. The number of nitrogens with zero attached hydrogens (tertiary/aromatic N) is 4. The number of aliphatic hydroxyl groups excluding tert-OH is 1. The zero-order valence-electron chi connectivity index (χ0n) is 13.6. The predicted octanol–water partition coefficient (Wildman–Crippen LogP) is 2.36. The molecule has 0 aromatic carbocycles. The molecule has 0 radical (unpaired) electrons. The van der Waals surface area contributed by atoms with Gasteiger partial charge in [0.15, 0.2) is 5.82 Å². The molecule has 124 valence electrons. The van der Waals surface area contributed by atoms with Crippen LogP contribution >= 0.6 is 0 Å². The lowest BCUT2D eigenvalue weighted by molar-refractivity contribution is 0.0511. The molecule has 1 saturated heterocycles. The molecule has 1 N–H and O–H groups in total. The lowest BCUT2D eigenvalue weighted by Gasteiger charge is -2.33. The number of aliphatic hydroxyl groups is 1. The third kappa shape index (κ3) is 4.14. The van der Waals surface area contributed by atoms with Crippen LogP contribution in [-0.4, -0.2) is 38.2 Å². The van der Waals surface area contributed by atoms with Gasteiger partial charge < -0.3 is 9.63 Å². The number of rotatable bonds is 6. The summed E-state index contributed by atoms with van der Waals surface area (Å²) in [5.41, 5.74) is 0.770. The number of aromatic nitrogens is 3. The minimum Gasteiger partial charge on any atom is -0.387 e. The molecule has 1 fully saturated rings. The lowest BCUT2D eigenvalue weighted by atomic mass is 9.89. The summed E-state index contributed by atoms with van der Waals surface area (Å²) in [6.07, 6.45) is 5.05. The Hall–Kier alpha value is -1.79. The maximum Gasteiger partial charge on any atom is 0.240 e.